The molecule has 1 saturated carbocycles. The molecule has 1 aromatic carbocycles. The van der Waals surface area contributed by atoms with Gasteiger partial charge in [-0.2, -0.15) is 0 Å². The first kappa shape index (κ1) is 12.6. The van der Waals surface area contributed by atoms with Gasteiger partial charge in [0.25, 0.3) is 0 Å². The summed E-state index contributed by atoms with van der Waals surface area (Å²) in [6.45, 7) is 0.809. The number of carbonyl (C=O) groups excluding carboxylic acids is 1. The molecule has 1 amide bonds. The first-order chi connectivity index (χ1) is 10.3. The van der Waals surface area contributed by atoms with Crippen LogP contribution in [-0.4, -0.2) is 27.5 Å². The predicted molar refractivity (Wildman–Crippen MR) is 76.1 cm³/mol. The Morgan fingerprint density at radius 2 is 1.95 bits per heavy atom. The van der Waals surface area contributed by atoms with Gasteiger partial charge in [-0.1, -0.05) is 18.2 Å². The minimum Gasteiger partial charge on any atom is -0.418 e. The summed E-state index contributed by atoms with van der Waals surface area (Å²) < 4.78 is 5.82. The van der Waals surface area contributed by atoms with Crippen molar-refractivity contribution in [2.75, 3.05) is 6.54 Å². The Labute approximate surface area is 123 Å². The van der Waals surface area contributed by atoms with Crippen molar-refractivity contribution in [3.63, 3.8) is 0 Å². The normalized spacial score (nSPS) is 21.7. The number of nitrogens with zero attached hydrogens (tertiary/aromatic N) is 3. The largest absolute Gasteiger partial charge is 0.418 e. The number of hydrogen-bond donors (Lipinski definition) is 0. The van der Waals surface area contributed by atoms with Gasteiger partial charge >= 0.3 is 0 Å². The van der Waals surface area contributed by atoms with Crippen LogP contribution < -0.4 is 0 Å². The molecule has 0 N–H and O–H groups in total. The summed E-state index contributed by atoms with van der Waals surface area (Å²) in [6.07, 6.45) is 3.98. The van der Waals surface area contributed by atoms with Crippen LogP contribution in [0.5, 0.6) is 0 Å². The fourth-order valence-corrected chi connectivity index (χ4v) is 2.92. The molecular formula is C16H17N3O2. The molecule has 4 rings (SSSR count). The highest BCUT2D eigenvalue weighted by atomic mass is 16.4. The van der Waals surface area contributed by atoms with Gasteiger partial charge in [0.2, 0.25) is 17.7 Å². The fourth-order valence-electron chi connectivity index (χ4n) is 2.92. The number of amides is 1. The molecule has 1 saturated heterocycles. The van der Waals surface area contributed by atoms with E-state index in [1.165, 1.54) is 0 Å². The quantitative estimate of drug-likeness (QED) is 0.869. The maximum Gasteiger partial charge on any atom is 0.247 e. The van der Waals surface area contributed by atoms with Crippen LogP contribution in [0.15, 0.2) is 34.7 Å². The van der Waals surface area contributed by atoms with Crippen molar-refractivity contribution in [2.45, 2.75) is 31.7 Å². The van der Waals surface area contributed by atoms with E-state index in [9.17, 15) is 4.79 Å². The van der Waals surface area contributed by atoms with Crippen molar-refractivity contribution in [1.82, 2.24) is 15.1 Å². The molecule has 1 atom stereocenters. The standard InChI is InChI=1S/C16H17N3O2/c20-16(12-8-9-12)19-10-4-7-13(19)15-18-17-14(21-15)11-5-2-1-3-6-11/h1-3,5-6,12-13H,4,7-10H2. The van der Waals surface area contributed by atoms with E-state index < -0.39 is 0 Å². The molecule has 2 aromatic rings. The molecule has 1 aromatic heterocycles. The van der Waals surface area contributed by atoms with Crippen molar-refractivity contribution in [3.05, 3.63) is 36.2 Å². The van der Waals surface area contributed by atoms with Crippen LogP contribution in [0.25, 0.3) is 11.5 Å². The van der Waals surface area contributed by atoms with E-state index in [0.29, 0.717) is 11.8 Å². The fraction of sp³-hybridized carbons (Fsp3) is 0.438. The third-order valence-corrected chi connectivity index (χ3v) is 4.21. The first-order valence-corrected chi connectivity index (χ1v) is 7.52. The van der Waals surface area contributed by atoms with Crippen molar-refractivity contribution in [2.24, 2.45) is 5.92 Å². The van der Waals surface area contributed by atoms with Gasteiger partial charge in [0.05, 0.1) is 0 Å². The molecule has 108 valence electrons. The molecule has 0 radical (unpaired) electrons. The third kappa shape index (κ3) is 2.33. The minimum atomic E-state index is -0.0388. The van der Waals surface area contributed by atoms with Crippen LogP contribution in [0.4, 0.5) is 0 Å². The highest BCUT2D eigenvalue weighted by molar-refractivity contribution is 5.81. The summed E-state index contributed by atoms with van der Waals surface area (Å²) >= 11 is 0. The Morgan fingerprint density at radius 1 is 1.14 bits per heavy atom. The van der Waals surface area contributed by atoms with Gasteiger partial charge in [-0.15, -0.1) is 10.2 Å². The van der Waals surface area contributed by atoms with Crippen molar-refractivity contribution >= 4 is 5.91 Å². The second kappa shape index (κ2) is 4.98. The van der Waals surface area contributed by atoms with Gasteiger partial charge in [-0.05, 0) is 37.8 Å². The zero-order valence-corrected chi connectivity index (χ0v) is 11.7. The molecule has 1 aliphatic heterocycles. The average molecular weight is 283 g/mol. The molecule has 5 nitrogen and oxygen atoms in total. The summed E-state index contributed by atoms with van der Waals surface area (Å²) in [4.78, 5) is 14.2. The zero-order chi connectivity index (χ0) is 14.2. The number of rotatable bonds is 3. The van der Waals surface area contributed by atoms with Gasteiger partial charge in [0.1, 0.15) is 6.04 Å². The zero-order valence-electron chi connectivity index (χ0n) is 11.7. The molecule has 1 aliphatic carbocycles. The van der Waals surface area contributed by atoms with Crippen molar-refractivity contribution in [1.29, 1.82) is 0 Å². The monoisotopic (exact) mass is 283 g/mol. The van der Waals surface area contributed by atoms with E-state index in [2.05, 4.69) is 10.2 Å². The Balaban J connectivity index is 1.58. The highest BCUT2D eigenvalue weighted by Crippen LogP contribution is 2.38. The molecule has 5 heteroatoms. The minimum absolute atomic E-state index is 0.0388. The summed E-state index contributed by atoms with van der Waals surface area (Å²) in [5.41, 5.74) is 0.911. The van der Waals surface area contributed by atoms with E-state index in [0.717, 1.165) is 37.8 Å². The number of likely N-dealkylation sites (tertiary alicyclic amines) is 1. The molecule has 2 aliphatic rings. The van der Waals surface area contributed by atoms with Crippen LogP contribution in [0, 0.1) is 5.92 Å². The second-order valence-electron chi connectivity index (χ2n) is 5.78. The smallest absolute Gasteiger partial charge is 0.247 e. The Kier molecular flexibility index (Phi) is 2.98. The molecule has 1 unspecified atom stereocenters. The molecule has 2 fully saturated rings. The third-order valence-electron chi connectivity index (χ3n) is 4.21. The Hall–Kier alpha value is -2.17. The van der Waals surface area contributed by atoms with Crippen LogP contribution in [0.3, 0.4) is 0 Å². The lowest BCUT2D eigenvalue weighted by Gasteiger charge is -2.21. The molecule has 0 bridgehead atoms. The first-order valence-electron chi connectivity index (χ1n) is 7.52. The Bertz CT molecular complexity index is 649. The van der Waals surface area contributed by atoms with E-state index in [4.69, 9.17) is 4.42 Å². The van der Waals surface area contributed by atoms with Gasteiger partial charge in [-0.25, -0.2) is 0 Å². The molecule has 21 heavy (non-hydrogen) atoms. The number of carbonyl (C=O) groups is 1. The number of benzene rings is 1. The summed E-state index contributed by atoms with van der Waals surface area (Å²) in [6, 6.07) is 9.68. The topological polar surface area (TPSA) is 59.2 Å². The van der Waals surface area contributed by atoms with E-state index in [-0.39, 0.29) is 17.9 Å². The van der Waals surface area contributed by atoms with Crippen LogP contribution >= 0.6 is 0 Å². The lowest BCUT2D eigenvalue weighted by Crippen LogP contribution is -2.31. The maximum atomic E-state index is 12.3. The second-order valence-corrected chi connectivity index (χ2v) is 5.78. The van der Waals surface area contributed by atoms with Crippen LogP contribution in [0.2, 0.25) is 0 Å². The molecular weight excluding hydrogens is 266 g/mol. The average Bonchev–Trinajstić information content (AvgIpc) is 3.07. The SMILES string of the molecule is O=C(C1CC1)N1CCCC1c1nnc(-c2ccccc2)o1. The summed E-state index contributed by atoms with van der Waals surface area (Å²) in [5.74, 6) is 1.59. The van der Waals surface area contributed by atoms with Crippen LogP contribution in [-0.2, 0) is 4.79 Å². The predicted octanol–water partition coefficient (Wildman–Crippen LogP) is 2.81. The lowest BCUT2D eigenvalue weighted by atomic mass is 10.2. The Morgan fingerprint density at radius 3 is 2.71 bits per heavy atom. The van der Waals surface area contributed by atoms with Gasteiger partial charge < -0.3 is 9.32 Å². The van der Waals surface area contributed by atoms with E-state index >= 15 is 0 Å². The van der Waals surface area contributed by atoms with Crippen molar-refractivity contribution < 1.29 is 9.21 Å². The summed E-state index contributed by atoms with van der Waals surface area (Å²) in [5, 5.41) is 8.31. The molecule has 2 heterocycles. The highest BCUT2D eigenvalue weighted by Gasteiger charge is 2.40. The van der Waals surface area contributed by atoms with Gasteiger partial charge in [0, 0.05) is 18.0 Å². The molecule has 0 spiro atoms. The maximum absolute atomic E-state index is 12.3. The van der Waals surface area contributed by atoms with E-state index in [1.54, 1.807) is 0 Å². The lowest BCUT2D eigenvalue weighted by molar-refractivity contribution is -0.133. The van der Waals surface area contributed by atoms with Crippen molar-refractivity contribution in [3.8, 4) is 11.5 Å². The number of aromatic nitrogens is 2. The number of hydrogen-bond acceptors (Lipinski definition) is 4. The van der Waals surface area contributed by atoms with Gasteiger partial charge in [-0.3, -0.25) is 4.79 Å². The van der Waals surface area contributed by atoms with Gasteiger partial charge in [0.15, 0.2) is 0 Å². The van der Waals surface area contributed by atoms with Crippen LogP contribution in [0.1, 0.15) is 37.6 Å². The van der Waals surface area contributed by atoms with E-state index in [1.807, 2.05) is 35.2 Å². The summed E-state index contributed by atoms with van der Waals surface area (Å²) in [7, 11) is 0.